The zero-order valence-electron chi connectivity index (χ0n) is 14.6. The van der Waals surface area contributed by atoms with Gasteiger partial charge < -0.3 is 10.2 Å². The van der Waals surface area contributed by atoms with Crippen LogP contribution in [0.4, 0.5) is 11.4 Å². The highest BCUT2D eigenvalue weighted by molar-refractivity contribution is 6.32. The van der Waals surface area contributed by atoms with E-state index in [1.807, 2.05) is 47.4 Å². The molecule has 0 aliphatic carbocycles. The molecule has 0 unspecified atom stereocenters. The molecule has 25 heavy (non-hydrogen) atoms. The first-order valence-corrected chi connectivity index (χ1v) is 8.61. The second kappa shape index (κ2) is 6.52. The van der Waals surface area contributed by atoms with Crippen LogP contribution in [0.3, 0.4) is 0 Å². The second-order valence-electron chi connectivity index (χ2n) is 7.05. The van der Waals surface area contributed by atoms with Crippen molar-refractivity contribution in [1.82, 2.24) is 0 Å². The number of hydrogen-bond donors (Lipinski definition) is 1. The number of carbonyl (C=O) groups is 2. The van der Waals surface area contributed by atoms with Crippen molar-refractivity contribution in [1.29, 1.82) is 0 Å². The molecule has 1 heterocycles. The van der Waals surface area contributed by atoms with E-state index in [0.29, 0.717) is 18.0 Å². The van der Waals surface area contributed by atoms with E-state index in [4.69, 9.17) is 11.6 Å². The van der Waals surface area contributed by atoms with Crippen LogP contribution in [0.25, 0.3) is 0 Å². The monoisotopic (exact) mass is 356 g/mol. The number of rotatable bonds is 3. The van der Waals surface area contributed by atoms with Gasteiger partial charge >= 0.3 is 0 Å². The highest BCUT2D eigenvalue weighted by Gasteiger charge is 2.39. The molecule has 5 heteroatoms. The van der Waals surface area contributed by atoms with Crippen molar-refractivity contribution in [3.8, 4) is 0 Å². The number of nitrogens with one attached hydrogen (secondary N) is 1. The molecule has 0 atom stereocenters. The van der Waals surface area contributed by atoms with Gasteiger partial charge in [-0.05, 0) is 29.8 Å². The first-order valence-electron chi connectivity index (χ1n) is 8.24. The van der Waals surface area contributed by atoms with E-state index in [-0.39, 0.29) is 17.2 Å². The summed E-state index contributed by atoms with van der Waals surface area (Å²) in [7, 11) is 0. The minimum Gasteiger partial charge on any atom is -0.326 e. The summed E-state index contributed by atoms with van der Waals surface area (Å²) < 4.78 is 0. The van der Waals surface area contributed by atoms with Crippen LogP contribution in [0.15, 0.2) is 42.5 Å². The molecule has 0 radical (unpaired) electrons. The fraction of sp³-hybridized carbons (Fsp3) is 0.300. The molecule has 0 fully saturated rings. The normalized spacial score (nSPS) is 15.0. The summed E-state index contributed by atoms with van der Waals surface area (Å²) in [5, 5.41) is 3.43. The third-order valence-corrected chi connectivity index (χ3v) is 4.76. The van der Waals surface area contributed by atoms with E-state index >= 15 is 0 Å². The van der Waals surface area contributed by atoms with Gasteiger partial charge in [0.25, 0.3) is 0 Å². The molecule has 130 valence electrons. The molecule has 0 bridgehead atoms. The largest absolute Gasteiger partial charge is 0.326 e. The first-order chi connectivity index (χ1) is 11.8. The lowest BCUT2D eigenvalue weighted by atomic mass is 9.87. The van der Waals surface area contributed by atoms with Crippen molar-refractivity contribution in [2.45, 2.75) is 32.6 Å². The van der Waals surface area contributed by atoms with Crippen LogP contribution in [-0.4, -0.2) is 18.4 Å². The number of halogens is 1. The molecule has 2 amide bonds. The van der Waals surface area contributed by atoms with Gasteiger partial charge in [0.2, 0.25) is 11.8 Å². The Hall–Kier alpha value is -2.33. The van der Waals surface area contributed by atoms with Crippen LogP contribution in [0.1, 0.15) is 31.9 Å². The van der Waals surface area contributed by atoms with E-state index in [1.54, 1.807) is 0 Å². The van der Waals surface area contributed by atoms with Gasteiger partial charge in [-0.2, -0.15) is 0 Å². The molecule has 3 rings (SSSR count). The Morgan fingerprint density at radius 2 is 1.84 bits per heavy atom. The van der Waals surface area contributed by atoms with E-state index in [1.165, 1.54) is 6.92 Å². The molecule has 1 aliphatic rings. The number of carbonyl (C=O) groups excluding carboxylic acids is 2. The predicted octanol–water partition coefficient (Wildman–Crippen LogP) is 4.17. The fourth-order valence-electron chi connectivity index (χ4n) is 3.37. The molecule has 0 spiro atoms. The number of fused-ring (bicyclic) bond motifs is 1. The topological polar surface area (TPSA) is 49.4 Å². The third-order valence-electron chi connectivity index (χ3n) is 4.44. The van der Waals surface area contributed by atoms with Crippen LogP contribution in [0, 0.1) is 0 Å². The van der Waals surface area contributed by atoms with Gasteiger partial charge in [-0.3, -0.25) is 9.59 Å². The summed E-state index contributed by atoms with van der Waals surface area (Å²) >= 11 is 6.37. The summed E-state index contributed by atoms with van der Waals surface area (Å²) in [6.07, 6.45) is 0.308. The molecule has 4 nitrogen and oxygen atoms in total. The van der Waals surface area contributed by atoms with Crippen LogP contribution in [-0.2, 0) is 21.4 Å². The van der Waals surface area contributed by atoms with Gasteiger partial charge in [0.15, 0.2) is 0 Å². The van der Waals surface area contributed by atoms with Crippen molar-refractivity contribution >= 4 is 34.8 Å². The number of hydrogen-bond acceptors (Lipinski definition) is 2. The predicted molar refractivity (Wildman–Crippen MR) is 101 cm³/mol. The summed E-state index contributed by atoms with van der Waals surface area (Å²) in [6, 6.07) is 13.0. The molecule has 0 aromatic heterocycles. The minimum absolute atomic E-state index is 0.0429. The average Bonchev–Trinajstić information content (AvgIpc) is 2.81. The Morgan fingerprint density at radius 3 is 2.48 bits per heavy atom. The maximum atomic E-state index is 12.9. The van der Waals surface area contributed by atoms with E-state index in [2.05, 4.69) is 19.2 Å². The van der Waals surface area contributed by atoms with Crippen molar-refractivity contribution in [2.24, 2.45) is 0 Å². The number of nitrogens with zero attached hydrogens (tertiary/aromatic N) is 1. The Labute approximate surface area is 152 Å². The van der Waals surface area contributed by atoms with Crippen molar-refractivity contribution in [3.05, 3.63) is 58.6 Å². The fourth-order valence-corrected chi connectivity index (χ4v) is 3.79. The van der Waals surface area contributed by atoms with Crippen molar-refractivity contribution in [2.75, 3.05) is 16.8 Å². The third kappa shape index (κ3) is 3.54. The molecular formula is C20H21ClN2O2. The van der Waals surface area contributed by atoms with Crippen LogP contribution < -0.4 is 10.2 Å². The Morgan fingerprint density at radius 1 is 1.16 bits per heavy atom. The maximum absolute atomic E-state index is 12.9. The number of anilines is 2. The zero-order chi connectivity index (χ0) is 18.2. The number of benzene rings is 2. The smallest absolute Gasteiger partial charge is 0.231 e. The summed E-state index contributed by atoms with van der Waals surface area (Å²) in [5.74, 6) is -0.0713. The lowest BCUT2D eigenvalue weighted by molar-refractivity contribution is -0.118. The Balaban J connectivity index is 1.79. The molecule has 2 aromatic rings. The van der Waals surface area contributed by atoms with Gasteiger partial charge in [0.1, 0.15) is 0 Å². The summed E-state index contributed by atoms with van der Waals surface area (Å²) in [4.78, 5) is 25.7. The Kier molecular flexibility index (Phi) is 4.56. The van der Waals surface area contributed by atoms with Crippen molar-refractivity contribution in [3.63, 3.8) is 0 Å². The lowest BCUT2D eigenvalue weighted by Crippen LogP contribution is -2.34. The number of amides is 2. The second-order valence-corrected chi connectivity index (χ2v) is 7.46. The minimum atomic E-state index is -0.168. The molecule has 2 aromatic carbocycles. The molecule has 0 saturated carbocycles. The summed E-state index contributed by atoms with van der Waals surface area (Å²) in [5.41, 5.74) is 3.40. The maximum Gasteiger partial charge on any atom is 0.231 e. The average molecular weight is 357 g/mol. The van der Waals surface area contributed by atoms with Gasteiger partial charge in [0, 0.05) is 40.8 Å². The van der Waals surface area contributed by atoms with Crippen LogP contribution in [0.2, 0.25) is 5.02 Å². The molecule has 0 saturated heterocycles. The van der Waals surface area contributed by atoms with Gasteiger partial charge in [-0.15, -0.1) is 0 Å². The highest BCUT2D eigenvalue weighted by Crippen LogP contribution is 2.44. The molecule has 1 aliphatic heterocycles. The van der Waals surface area contributed by atoms with Crippen LogP contribution in [0.5, 0.6) is 0 Å². The van der Waals surface area contributed by atoms with Gasteiger partial charge in [0.05, 0.1) is 6.42 Å². The quantitative estimate of drug-likeness (QED) is 0.897. The lowest BCUT2D eigenvalue weighted by Gasteiger charge is -2.21. The first kappa shape index (κ1) is 17.5. The van der Waals surface area contributed by atoms with Crippen molar-refractivity contribution < 1.29 is 9.59 Å². The zero-order valence-corrected chi connectivity index (χ0v) is 15.4. The Bertz CT molecular complexity index is 828. The highest BCUT2D eigenvalue weighted by atomic mass is 35.5. The SMILES string of the molecule is CC(=O)Nc1ccc(CC(=O)N2CC(C)(C)c3c(Cl)cccc32)cc1. The molecular weight excluding hydrogens is 336 g/mol. The van der Waals surface area contributed by atoms with E-state index < -0.39 is 0 Å². The molecule has 1 N–H and O–H groups in total. The van der Waals surface area contributed by atoms with Gasteiger partial charge in [-0.25, -0.2) is 0 Å². The van der Waals surface area contributed by atoms with Gasteiger partial charge in [-0.1, -0.05) is 43.6 Å². The van der Waals surface area contributed by atoms with E-state index in [9.17, 15) is 9.59 Å². The van der Waals surface area contributed by atoms with E-state index in [0.717, 1.165) is 22.5 Å². The summed E-state index contributed by atoms with van der Waals surface area (Å²) in [6.45, 7) is 6.30. The standard InChI is InChI=1S/C20H21ClN2O2/c1-13(24)22-15-9-7-14(8-10-15)11-18(25)23-12-20(2,3)19-16(21)5-4-6-17(19)23/h4-10H,11-12H2,1-3H3,(H,22,24). The van der Waals surface area contributed by atoms with Crippen LogP contribution >= 0.6 is 11.6 Å².